The third kappa shape index (κ3) is 2.40. The molecule has 0 saturated carbocycles. The number of β-lactam (4-membered cyclic amide) rings is 1. The average molecular weight is 331 g/mol. The lowest BCUT2D eigenvalue weighted by molar-refractivity contribution is -0.508. The number of carbonyl (C=O) groups excluding carboxylic acids is 2. The van der Waals surface area contributed by atoms with Crippen molar-refractivity contribution in [3.05, 3.63) is 10.1 Å². The van der Waals surface area contributed by atoms with E-state index in [1.807, 2.05) is 0 Å². The summed E-state index contributed by atoms with van der Waals surface area (Å²) in [4.78, 5) is 46.7. The van der Waals surface area contributed by atoms with Gasteiger partial charge in [0.15, 0.2) is 0 Å². The molecule has 10 heteroatoms. The zero-order chi connectivity index (χ0) is 16.8. The van der Waals surface area contributed by atoms with E-state index >= 15 is 0 Å². The van der Waals surface area contributed by atoms with Gasteiger partial charge >= 0.3 is 5.97 Å². The van der Waals surface area contributed by atoms with Gasteiger partial charge in [0.2, 0.25) is 5.91 Å². The highest BCUT2D eigenvalue weighted by molar-refractivity contribution is 8.01. The van der Waals surface area contributed by atoms with E-state index in [0.29, 0.717) is 0 Å². The van der Waals surface area contributed by atoms with Crippen molar-refractivity contribution in [1.29, 1.82) is 0 Å². The number of hydrogen-bond donors (Lipinski definition) is 2. The Kier molecular flexibility index (Phi) is 4.07. The van der Waals surface area contributed by atoms with Crippen LogP contribution in [-0.2, 0) is 14.4 Å². The van der Waals surface area contributed by atoms with Gasteiger partial charge in [0.25, 0.3) is 11.9 Å². The number of nitrogens with zero attached hydrogens (tertiary/aromatic N) is 2. The van der Waals surface area contributed by atoms with Crippen molar-refractivity contribution in [2.75, 3.05) is 0 Å². The number of carboxylic acid groups (broad SMARTS) is 1. The second-order valence-electron chi connectivity index (χ2n) is 5.79. The van der Waals surface area contributed by atoms with Crippen LogP contribution in [0.5, 0.6) is 0 Å². The summed E-state index contributed by atoms with van der Waals surface area (Å²) >= 11 is 1.28. The first-order valence-corrected chi connectivity index (χ1v) is 7.66. The Balaban J connectivity index is 2.12. The Bertz CT molecular complexity index is 551. The zero-order valence-electron chi connectivity index (χ0n) is 12.3. The van der Waals surface area contributed by atoms with Crippen LogP contribution in [0.2, 0.25) is 0 Å². The molecule has 2 fully saturated rings. The predicted molar refractivity (Wildman–Crippen MR) is 76.7 cm³/mol. The van der Waals surface area contributed by atoms with Crippen LogP contribution in [0.3, 0.4) is 0 Å². The quantitative estimate of drug-likeness (QED) is 0.401. The molecular weight excluding hydrogens is 314 g/mol. The molecule has 0 aliphatic carbocycles. The highest BCUT2D eigenvalue weighted by Crippen LogP contribution is 2.50. The van der Waals surface area contributed by atoms with E-state index in [1.54, 1.807) is 13.8 Å². The fourth-order valence-corrected chi connectivity index (χ4v) is 4.45. The first-order chi connectivity index (χ1) is 10.1. The summed E-state index contributed by atoms with van der Waals surface area (Å²) in [5.41, 5.74) is 0. The molecule has 9 nitrogen and oxygen atoms in total. The van der Waals surface area contributed by atoms with E-state index in [9.17, 15) is 29.6 Å². The summed E-state index contributed by atoms with van der Waals surface area (Å²) in [7, 11) is 0. The smallest absolute Gasteiger partial charge is 0.327 e. The van der Waals surface area contributed by atoms with E-state index in [1.165, 1.54) is 23.6 Å². The van der Waals surface area contributed by atoms with Crippen LogP contribution in [0.25, 0.3) is 0 Å². The Morgan fingerprint density at radius 1 is 1.55 bits per heavy atom. The Morgan fingerprint density at radius 3 is 2.59 bits per heavy atom. The lowest BCUT2D eigenvalue weighted by atomic mass is 9.96. The van der Waals surface area contributed by atoms with Crippen LogP contribution in [0.1, 0.15) is 27.2 Å². The second kappa shape index (κ2) is 5.41. The molecule has 2 heterocycles. The molecule has 2 rings (SSSR count). The zero-order valence-corrected chi connectivity index (χ0v) is 13.1. The average Bonchev–Trinajstić information content (AvgIpc) is 2.65. The largest absolute Gasteiger partial charge is 0.480 e. The molecule has 2 saturated heterocycles. The predicted octanol–water partition coefficient (Wildman–Crippen LogP) is -0.327. The van der Waals surface area contributed by atoms with Gasteiger partial charge in [-0.1, -0.05) is 6.92 Å². The SMILES string of the molecule is CCC(C(=O)N[C@@H]1C(=O)N2[C@@H]1SC(C)(C)[C@@H]2C(=O)O)[N+](=O)[O-]. The van der Waals surface area contributed by atoms with E-state index in [-0.39, 0.29) is 6.42 Å². The van der Waals surface area contributed by atoms with Crippen molar-refractivity contribution in [2.24, 2.45) is 0 Å². The molecule has 0 spiro atoms. The Hall–Kier alpha value is -1.84. The molecule has 2 aliphatic rings. The van der Waals surface area contributed by atoms with Crippen molar-refractivity contribution in [3.8, 4) is 0 Å². The molecule has 2 N–H and O–H groups in total. The standard InChI is InChI=1S/C12H17N3O6S/c1-4-5(15(20)21)8(16)13-6-9(17)14-7(11(18)19)12(2,3)22-10(6)14/h5-7,10H,4H2,1-3H3,(H,13,16)(H,18,19)/t5?,6-,7+,10-/m1/s1. The number of fused-ring (bicyclic) bond motifs is 1. The molecule has 2 amide bonds. The molecule has 0 aromatic rings. The highest BCUT2D eigenvalue weighted by atomic mass is 32.2. The Morgan fingerprint density at radius 2 is 2.14 bits per heavy atom. The van der Waals surface area contributed by atoms with Crippen LogP contribution < -0.4 is 5.32 Å². The van der Waals surface area contributed by atoms with E-state index < -0.39 is 51.0 Å². The third-order valence-electron chi connectivity index (χ3n) is 3.92. The number of carbonyl (C=O) groups is 3. The van der Waals surface area contributed by atoms with E-state index in [0.717, 1.165) is 0 Å². The third-order valence-corrected chi connectivity index (χ3v) is 5.49. The molecule has 0 aromatic heterocycles. The lowest BCUT2D eigenvalue weighted by Gasteiger charge is -2.43. The van der Waals surface area contributed by atoms with Crippen LogP contribution in [-0.4, -0.2) is 61.0 Å². The van der Waals surface area contributed by atoms with Gasteiger partial charge < -0.3 is 15.3 Å². The van der Waals surface area contributed by atoms with Gasteiger partial charge in [-0.05, 0) is 13.8 Å². The van der Waals surface area contributed by atoms with Crippen molar-refractivity contribution in [3.63, 3.8) is 0 Å². The summed E-state index contributed by atoms with van der Waals surface area (Å²) in [6.07, 6.45) is 0.0184. The van der Waals surface area contributed by atoms with Crippen LogP contribution in [0.15, 0.2) is 0 Å². The number of aliphatic carboxylic acids is 1. The number of thioether (sulfide) groups is 1. The molecule has 0 aromatic carbocycles. The van der Waals surface area contributed by atoms with Gasteiger partial charge in [0.1, 0.15) is 17.5 Å². The van der Waals surface area contributed by atoms with E-state index in [4.69, 9.17) is 0 Å². The van der Waals surface area contributed by atoms with Crippen molar-refractivity contribution >= 4 is 29.5 Å². The summed E-state index contributed by atoms with van der Waals surface area (Å²) in [5, 5.41) is 21.9. The van der Waals surface area contributed by atoms with Crippen LogP contribution in [0.4, 0.5) is 0 Å². The van der Waals surface area contributed by atoms with Crippen molar-refractivity contribution in [1.82, 2.24) is 10.2 Å². The summed E-state index contributed by atoms with van der Waals surface area (Å²) < 4.78 is -0.696. The molecule has 122 valence electrons. The van der Waals surface area contributed by atoms with Crippen molar-refractivity contribution in [2.45, 2.75) is 55.4 Å². The first-order valence-electron chi connectivity index (χ1n) is 6.78. The van der Waals surface area contributed by atoms with Gasteiger partial charge in [-0.2, -0.15) is 0 Å². The monoisotopic (exact) mass is 331 g/mol. The molecule has 4 atom stereocenters. The molecular formula is C12H17N3O6S. The number of nitrogens with one attached hydrogen (secondary N) is 1. The number of amides is 2. The molecule has 0 bridgehead atoms. The van der Waals surface area contributed by atoms with Crippen molar-refractivity contribution < 1.29 is 24.4 Å². The number of hydrogen-bond acceptors (Lipinski definition) is 6. The maximum absolute atomic E-state index is 12.1. The number of nitro groups is 1. The highest BCUT2D eigenvalue weighted by Gasteiger charge is 2.64. The molecule has 2 aliphatic heterocycles. The summed E-state index contributed by atoms with van der Waals surface area (Å²) in [6, 6.07) is -3.28. The fourth-order valence-electron chi connectivity index (χ4n) is 2.83. The second-order valence-corrected chi connectivity index (χ2v) is 7.56. The number of rotatable bonds is 5. The molecule has 1 unspecified atom stereocenters. The van der Waals surface area contributed by atoms with Crippen LogP contribution >= 0.6 is 11.8 Å². The summed E-state index contributed by atoms with van der Waals surface area (Å²) in [6.45, 7) is 4.94. The first kappa shape index (κ1) is 16.5. The topological polar surface area (TPSA) is 130 Å². The minimum atomic E-state index is -1.41. The molecule has 0 radical (unpaired) electrons. The van der Waals surface area contributed by atoms with E-state index in [2.05, 4.69) is 5.32 Å². The van der Waals surface area contributed by atoms with Gasteiger partial charge in [0, 0.05) is 16.1 Å². The van der Waals surface area contributed by atoms with Gasteiger partial charge in [-0.15, -0.1) is 11.8 Å². The number of carboxylic acids is 1. The van der Waals surface area contributed by atoms with Gasteiger partial charge in [-0.3, -0.25) is 19.7 Å². The Labute approximate surface area is 130 Å². The van der Waals surface area contributed by atoms with Gasteiger partial charge in [-0.25, -0.2) is 4.79 Å². The minimum absolute atomic E-state index is 0.0184. The fraction of sp³-hybridized carbons (Fsp3) is 0.750. The molecule has 22 heavy (non-hydrogen) atoms. The minimum Gasteiger partial charge on any atom is -0.480 e. The normalized spacial score (nSPS) is 30.2. The summed E-state index contributed by atoms with van der Waals surface area (Å²) in [5.74, 6) is -2.43. The van der Waals surface area contributed by atoms with Crippen LogP contribution in [0, 0.1) is 10.1 Å². The maximum Gasteiger partial charge on any atom is 0.327 e. The maximum atomic E-state index is 12.1. The lowest BCUT2D eigenvalue weighted by Crippen LogP contribution is -2.71. The van der Waals surface area contributed by atoms with Gasteiger partial charge in [0.05, 0.1) is 0 Å².